The molecule has 0 atom stereocenters. The summed E-state index contributed by atoms with van der Waals surface area (Å²) in [6.07, 6.45) is 1.49. The minimum atomic E-state index is -0.377. The van der Waals surface area contributed by atoms with Crippen LogP contribution < -0.4 is 0 Å². The van der Waals surface area contributed by atoms with E-state index < -0.39 is 0 Å². The van der Waals surface area contributed by atoms with Crippen molar-refractivity contribution < 1.29 is 9.53 Å². The van der Waals surface area contributed by atoms with Crippen LogP contribution in [0, 0.1) is 0 Å². The number of hydrogen-bond acceptors (Lipinski definition) is 3. The van der Waals surface area contributed by atoms with Crippen molar-refractivity contribution in [2.75, 3.05) is 7.11 Å². The zero-order chi connectivity index (χ0) is 10.1. The number of pyridine rings is 1. The average molecular weight is 255 g/mol. The highest BCUT2D eigenvalue weighted by atomic mass is 79.9. The zero-order valence-electron chi connectivity index (χ0n) is 7.40. The first kappa shape index (κ1) is 9.21. The van der Waals surface area contributed by atoms with Gasteiger partial charge in [0.25, 0.3) is 0 Å². The number of esters is 1. The van der Waals surface area contributed by atoms with Gasteiger partial charge in [0.2, 0.25) is 0 Å². The molecule has 0 amide bonds. The summed E-state index contributed by atoms with van der Waals surface area (Å²) in [4.78, 5) is 11.3. The van der Waals surface area contributed by atoms with E-state index in [1.807, 2.05) is 18.2 Å². The van der Waals surface area contributed by atoms with Gasteiger partial charge in [0, 0.05) is 0 Å². The molecule has 2 aromatic heterocycles. The lowest BCUT2D eigenvalue weighted by atomic mass is 10.3. The van der Waals surface area contributed by atoms with Crippen LogP contribution in [-0.2, 0) is 4.74 Å². The molecule has 0 unspecified atom stereocenters. The maximum absolute atomic E-state index is 11.3. The summed E-state index contributed by atoms with van der Waals surface area (Å²) in [5.74, 6) is -0.377. The Labute approximate surface area is 88.6 Å². The fourth-order valence-corrected chi connectivity index (χ4v) is 1.68. The van der Waals surface area contributed by atoms with Gasteiger partial charge in [0.1, 0.15) is 10.2 Å². The monoisotopic (exact) mass is 254 g/mol. The Hall–Kier alpha value is -1.36. The third kappa shape index (κ3) is 1.29. The van der Waals surface area contributed by atoms with Crippen molar-refractivity contribution in [2.45, 2.75) is 0 Å². The molecule has 0 N–H and O–H groups in total. The molecule has 14 heavy (non-hydrogen) atoms. The number of rotatable bonds is 1. The van der Waals surface area contributed by atoms with E-state index in [-0.39, 0.29) is 5.97 Å². The van der Waals surface area contributed by atoms with Gasteiger partial charge in [-0.3, -0.25) is 0 Å². The number of aromatic nitrogens is 2. The third-order valence-electron chi connectivity index (χ3n) is 1.90. The molecule has 0 saturated heterocycles. The second kappa shape index (κ2) is 3.42. The summed E-state index contributed by atoms with van der Waals surface area (Å²) in [5, 5.41) is 4.06. The number of carbonyl (C=O) groups is 1. The van der Waals surface area contributed by atoms with Gasteiger partial charge in [-0.15, -0.1) is 0 Å². The zero-order valence-corrected chi connectivity index (χ0v) is 8.98. The van der Waals surface area contributed by atoms with Crippen molar-refractivity contribution >= 4 is 27.4 Å². The predicted molar refractivity (Wildman–Crippen MR) is 54.2 cm³/mol. The fourth-order valence-electron chi connectivity index (χ4n) is 1.24. The smallest absolute Gasteiger partial charge is 0.341 e. The lowest BCUT2D eigenvalue weighted by Crippen LogP contribution is -2.00. The van der Waals surface area contributed by atoms with E-state index in [1.54, 1.807) is 4.52 Å². The van der Waals surface area contributed by atoms with Crippen LogP contribution in [0.1, 0.15) is 10.4 Å². The Morgan fingerprint density at radius 1 is 1.57 bits per heavy atom. The van der Waals surface area contributed by atoms with Crippen LogP contribution in [0.5, 0.6) is 0 Å². The van der Waals surface area contributed by atoms with Crippen molar-refractivity contribution in [3.63, 3.8) is 0 Å². The Morgan fingerprint density at radius 2 is 2.36 bits per heavy atom. The van der Waals surface area contributed by atoms with E-state index in [0.29, 0.717) is 5.56 Å². The van der Waals surface area contributed by atoms with Crippen molar-refractivity contribution in [2.24, 2.45) is 0 Å². The number of hydrogen-bond donors (Lipinski definition) is 0. The van der Waals surface area contributed by atoms with Crippen LogP contribution in [0.25, 0.3) is 5.52 Å². The van der Waals surface area contributed by atoms with E-state index in [0.717, 1.165) is 10.1 Å². The van der Waals surface area contributed by atoms with Gasteiger partial charge in [-0.05, 0) is 28.1 Å². The van der Waals surface area contributed by atoms with Gasteiger partial charge in [-0.2, -0.15) is 5.10 Å². The summed E-state index contributed by atoms with van der Waals surface area (Å²) in [5.41, 5.74) is 1.19. The van der Waals surface area contributed by atoms with E-state index in [2.05, 4.69) is 25.8 Å². The quantitative estimate of drug-likeness (QED) is 0.577. The molecule has 5 heteroatoms. The molecule has 2 aromatic rings. The van der Waals surface area contributed by atoms with Crippen LogP contribution >= 0.6 is 15.9 Å². The lowest BCUT2D eigenvalue weighted by Gasteiger charge is -1.98. The van der Waals surface area contributed by atoms with Crippen LogP contribution in [0.15, 0.2) is 29.0 Å². The number of nitrogens with zero attached hydrogens (tertiary/aromatic N) is 2. The van der Waals surface area contributed by atoms with Crippen molar-refractivity contribution in [1.82, 2.24) is 9.61 Å². The Kier molecular flexibility index (Phi) is 2.25. The molecule has 0 radical (unpaired) electrons. The standard InChI is InChI=1S/C9H7BrN2O2/c1-14-9(13)6-5-11-12-7(6)3-2-4-8(12)10/h2-5H,1H3. The minimum absolute atomic E-state index is 0.377. The van der Waals surface area contributed by atoms with Gasteiger partial charge in [0.15, 0.2) is 0 Å². The average Bonchev–Trinajstić information content (AvgIpc) is 2.62. The molecule has 0 bridgehead atoms. The summed E-state index contributed by atoms with van der Waals surface area (Å²) in [6.45, 7) is 0. The van der Waals surface area contributed by atoms with Gasteiger partial charge in [0.05, 0.1) is 18.8 Å². The molecule has 2 rings (SSSR count). The number of carbonyl (C=O) groups excluding carboxylic acids is 1. The maximum Gasteiger partial charge on any atom is 0.341 e. The van der Waals surface area contributed by atoms with E-state index >= 15 is 0 Å². The summed E-state index contributed by atoms with van der Waals surface area (Å²) >= 11 is 3.33. The van der Waals surface area contributed by atoms with E-state index in [4.69, 9.17) is 0 Å². The molecule has 0 spiro atoms. The van der Waals surface area contributed by atoms with Gasteiger partial charge < -0.3 is 4.74 Å². The molecule has 0 fully saturated rings. The summed E-state index contributed by atoms with van der Waals surface area (Å²) < 4.78 is 7.06. The number of halogens is 1. The first-order valence-electron chi connectivity index (χ1n) is 3.94. The van der Waals surface area contributed by atoms with Crippen molar-refractivity contribution in [3.05, 3.63) is 34.6 Å². The Bertz CT molecular complexity index is 493. The molecule has 0 aliphatic rings. The number of fused-ring (bicyclic) bond motifs is 1. The SMILES string of the molecule is COC(=O)c1cnn2c(Br)cccc12. The van der Waals surface area contributed by atoms with Crippen LogP contribution in [0.4, 0.5) is 0 Å². The molecule has 0 aliphatic carbocycles. The lowest BCUT2D eigenvalue weighted by molar-refractivity contribution is 0.0603. The van der Waals surface area contributed by atoms with Gasteiger partial charge in [-0.25, -0.2) is 9.31 Å². The molecule has 0 aliphatic heterocycles. The maximum atomic E-state index is 11.3. The topological polar surface area (TPSA) is 43.6 Å². The molecule has 0 aromatic carbocycles. The van der Waals surface area contributed by atoms with Crippen LogP contribution in [-0.4, -0.2) is 22.7 Å². The predicted octanol–water partition coefficient (Wildman–Crippen LogP) is 1.88. The Morgan fingerprint density at radius 3 is 3.07 bits per heavy atom. The first-order chi connectivity index (χ1) is 6.74. The summed E-state index contributed by atoms with van der Waals surface area (Å²) in [6, 6.07) is 5.50. The molecule has 72 valence electrons. The van der Waals surface area contributed by atoms with Crippen LogP contribution in [0.2, 0.25) is 0 Å². The normalized spacial score (nSPS) is 10.4. The highest BCUT2D eigenvalue weighted by Gasteiger charge is 2.13. The minimum Gasteiger partial charge on any atom is -0.465 e. The number of ether oxygens (including phenoxy) is 1. The highest BCUT2D eigenvalue weighted by Crippen LogP contribution is 2.16. The molecular formula is C9H7BrN2O2. The fraction of sp³-hybridized carbons (Fsp3) is 0.111. The third-order valence-corrected chi connectivity index (χ3v) is 2.50. The molecule has 4 nitrogen and oxygen atoms in total. The van der Waals surface area contributed by atoms with Crippen molar-refractivity contribution in [3.8, 4) is 0 Å². The Balaban J connectivity index is 2.70. The highest BCUT2D eigenvalue weighted by molar-refractivity contribution is 9.10. The second-order valence-electron chi connectivity index (χ2n) is 2.70. The largest absolute Gasteiger partial charge is 0.465 e. The van der Waals surface area contributed by atoms with Gasteiger partial charge >= 0.3 is 5.97 Å². The number of methoxy groups -OCH3 is 1. The van der Waals surface area contributed by atoms with Gasteiger partial charge in [-0.1, -0.05) is 6.07 Å². The first-order valence-corrected chi connectivity index (χ1v) is 4.74. The van der Waals surface area contributed by atoms with Crippen LogP contribution in [0.3, 0.4) is 0 Å². The molecule has 2 heterocycles. The summed E-state index contributed by atoms with van der Waals surface area (Å²) in [7, 11) is 1.35. The molecule has 0 saturated carbocycles. The van der Waals surface area contributed by atoms with E-state index in [1.165, 1.54) is 13.3 Å². The van der Waals surface area contributed by atoms with E-state index in [9.17, 15) is 4.79 Å². The second-order valence-corrected chi connectivity index (χ2v) is 3.51. The van der Waals surface area contributed by atoms with Crippen molar-refractivity contribution in [1.29, 1.82) is 0 Å². The molecular weight excluding hydrogens is 248 g/mol.